The third-order valence-corrected chi connectivity index (χ3v) is 5.62. The molecule has 2 heterocycles. The van der Waals surface area contributed by atoms with E-state index in [0.717, 1.165) is 25.0 Å². The first-order valence-electron chi connectivity index (χ1n) is 13.5. The number of amides is 5. The van der Waals surface area contributed by atoms with Gasteiger partial charge in [0.2, 0.25) is 17.7 Å². The van der Waals surface area contributed by atoms with E-state index in [2.05, 4.69) is 20.6 Å². The van der Waals surface area contributed by atoms with Gasteiger partial charge in [-0.2, -0.15) is 0 Å². The maximum Gasteiger partial charge on any atom is 0.318 e. The SMILES string of the molecule is CC(CCCCN)C(N)=O.CNC(CO)C(N)=O.NC(=O)C(Cc1cnc[nH]1)NC(=O)N1CCOCC1.O=CCCO. The predicted octanol–water partition coefficient (Wildman–Crippen LogP) is -3.30. The lowest BCUT2D eigenvalue weighted by Gasteiger charge is -2.28. The van der Waals surface area contributed by atoms with Gasteiger partial charge in [-0.1, -0.05) is 13.3 Å². The highest BCUT2D eigenvalue weighted by Crippen LogP contribution is 2.05. The van der Waals surface area contributed by atoms with E-state index in [-0.39, 0.29) is 37.5 Å². The highest BCUT2D eigenvalue weighted by molar-refractivity contribution is 5.86. The number of aromatic amines is 1. The van der Waals surface area contributed by atoms with Crippen molar-refractivity contribution in [3.63, 3.8) is 0 Å². The summed E-state index contributed by atoms with van der Waals surface area (Å²) < 4.78 is 5.16. The van der Waals surface area contributed by atoms with Crippen LogP contribution in [0.5, 0.6) is 0 Å². The number of carbonyl (C=O) groups is 5. The quantitative estimate of drug-likeness (QED) is 0.0749. The maximum absolute atomic E-state index is 12.0. The van der Waals surface area contributed by atoms with Gasteiger partial charge in [-0.25, -0.2) is 9.78 Å². The molecular formula is C25H49N9O8. The van der Waals surface area contributed by atoms with Crippen molar-refractivity contribution in [3.8, 4) is 0 Å². The van der Waals surface area contributed by atoms with Gasteiger partial charge in [-0.05, 0) is 26.4 Å². The van der Waals surface area contributed by atoms with Crippen LogP contribution in [0.2, 0.25) is 0 Å². The zero-order chi connectivity index (χ0) is 32.3. The Morgan fingerprint density at radius 2 is 1.71 bits per heavy atom. The van der Waals surface area contributed by atoms with Gasteiger partial charge < -0.3 is 63.2 Å². The molecule has 1 aromatic heterocycles. The number of H-pyrrole nitrogens is 1. The minimum absolute atomic E-state index is 0.00606. The normalized spacial score (nSPS) is 14.2. The summed E-state index contributed by atoms with van der Waals surface area (Å²) in [6.07, 6.45) is 7.20. The molecule has 0 spiro atoms. The van der Waals surface area contributed by atoms with E-state index in [0.29, 0.717) is 45.6 Å². The van der Waals surface area contributed by atoms with E-state index in [1.807, 2.05) is 6.92 Å². The number of likely N-dealkylation sites (N-methyl/N-ethyl adjacent to an activating group) is 1. The summed E-state index contributed by atoms with van der Waals surface area (Å²) in [5.41, 5.74) is 21.2. The molecule has 1 aliphatic rings. The lowest BCUT2D eigenvalue weighted by atomic mass is 10.0. The molecule has 1 saturated heterocycles. The van der Waals surface area contributed by atoms with E-state index in [1.54, 1.807) is 18.1 Å². The van der Waals surface area contributed by atoms with Crippen LogP contribution in [0.15, 0.2) is 12.5 Å². The molecule has 1 aliphatic heterocycles. The molecule has 0 saturated carbocycles. The van der Waals surface area contributed by atoms with Gasteiger partial charge in [-0.15, -0.1) is 0 Å². The Kier molecular flexibility index (Phi) is 25.3. The molecule has 42 heavy (non-hydrogen) atoms. The number of imidazole rings is 1. The van der Waals surface area contributed by atoms with Crippen LogP contribution in [0.25, 0.3) is 0 Å². The number of aldehydes is 1. The van der Waals surface area contributed by atoms with E-state index in [9.17, 15) is 24.0 Å². The molecular weight excluding hydrogens is 554 g/mol. The van der Waals surface area contributed by atoms with Crippen LogP contribution in [0, 0.1) is 5.92 Å². The van der Waals surface area contributed by atoms with Gasteiger partial charge in [0.15, 0.2) is 0 Å². The summed E-state index contributed by atoms with van der Waals surface area (Å²) in [6, 6.07) is -1.66. The van der Waals surface area contributed by atoms with Crippen molar-refractivity contribution in [3.05, 3.63) is 18.2 Å². The van der Waals surface area contributed by atoms with E-state index in [4.69, 9.17) is 37.9 Å². The Balaban J connectivity index is 0. The van der Waals surface area contributed by atoms with Gasteiger partial charge in [0.1, 0.15) is 18.4 Å². The lowest BCUT2D eigenvalue weighted by Crippen LogP contribution is -2.53. The molecule has 0 radical (unpaired) electrons. The number of aliphatic hydroxyl groups is 2. The minimum Gasteiger partial charge on any atom is -0.396 e. The van der Waals surface area contributed by atoms with Gasteiger partial charge in [0, 0.05) is 50.3 Å². The number of hydrogen-bond donors (Lipinski definition) is 9. The fourth-order valence-corrected chi connectivity index (χ4v) is 2.96. The van der Waals surface area contributed by atoms with Crippen molar-refractivity contribution in [1.82, 2.24) is 25.5 Å². The standard InChI is InChI=1S/C11H17N5O3.C7H16N2O.C4H10N2O2.C3H6O2/c12-10(17)9(5-8-6-13-7-14-8)15-11(18)16-1-3-19-4-2-16;1-6(7(9)10)4-2-3-5-8;1-6-3(2-7)4(5)8;4-2-1-3-5/h6-7,9H,1-5H2,(H2,12,17)(H,13,14)(H,15,18);6H,2-5,8H2,1H3,(H2,9,10);3,6-7H,2H2,1H3,(H2,5,8);2,5H,1,3H2. The summed E-state index contributed by atoms with van der Waals surface area (Å²) in [4.78, 5) is 61.6. The number of primary amides is 3. The van der Waals surface area contributed by atoms with Gasteiger partial charge in [0.25, 0.3) is 0 Å². The number of nitrogens with one attached hydrogen (secondary N) is 3. The molecule has 0 aromatic carbocycles. The second-order valence-electron chi connectivity index (χ2n) is 8.98. The molecule has 17 heteroatoms. The van der Waals surface area contributed by atoms with Crippen LogP contribution in [0.1, 0.15) is 38.3 Å². The fraction of sp³-hybridized carbons (Fsp3) is 0.680. The van der Waals surface area contributed by atoms with Crippen LogP contribution in [0.4, 0.5) is 4.79 Å². The highest BCUT2D eigenvalue weighted by atomic mass is 16.5. The number of ether oxygens (including phenoxy) is 1. The Hall–Kier alpha value is -3.64. The molecule has 5 amide bonds. The summed E-state index contributed by atoms with van der Waals surface area (Å²) in [5.74, 6) is -1.31. The third kappa shape index (κ3) is 21.2. The van der Waals surface area contributed by atoms with Gasteiger partial charge >= 0.3 is 6.03 Å². The number of unbranched alkanes of at least 4 members (excludes halogenated alkanes) is 1. The van der Waals surface area contributed by atoms with Gasteiger partial charge in [0.05, 0.1) is 26.1 Å². The van der Waals surface area contributed by atoms with Crippen molar-refractivity contribution in [2.45, 2.75) is 51.1 Å². The van der Waals surface area contributed by atoms with E-state index >= 15 is 0 Å². The fourth-order valence-electron chi connectivity index (χ4n) is 2.96. The molecule has 0 aliphatic carbocycles. The first kappa shape index (κ1) is 40.5. The van der Waals surface area contributed by atoms with Crippen LogP contribution in [0.3, 0.4) is 0 Å². The maximum atomic E-state index is 12.0. The van der Waals surface area contributed by atoms with Crippen LogP contribution < -0.4 is 33.6 Å². The van der Waals surface area contributed by atoms with Crippen LogP contribution in [-0.4, -0.2) is 120 Å². The second-order valence-corrected chi connectivity index (χ2v) is 8.98. The summed E-state index contributed by atoms with van der Waals surface area (Å²) in [5, 5.41) is 21.3. The number of urea groups is 1. The Morgan fingerprint density at radius 3 is 2.07 bits per heavy atom. The average Bonchev–Trinajstić information content (AvgIpc) is 3.48. The molecule has 1 aromatic rings. The molecule has 13 N–H and O–H groups in total. The zero-order valence-corrected chi connectivity index (χ0v) is 24.5. The number of aliphatic hydroxyl groups excluding tert-OH is 2. The van der Waals surface area contributed by atoms with Crippen molar-refractivity contribution < 1.29 is 38.9 Å². The Bertz CT molecular complexity index is 864. The molecule has 242 valence electrons. The Morgan fingerprint density at radius 1 is 1.10 bits per heavy atom. The topological polar surface area (TPSA) is 295 Å². The van der Waals surface area contributed by atoms with Crippen molar-refractivity contribution in [1.29, 1.82) is 0 Å². The highest BCUT2D eigenvalue weighted by Gasteiger charge is 2.23. The molecule has 3 unspecified atom stereocenters. The second kappa shape index (κ2) is 26.3. The largest absolute Gasteiger partial charge is 0.396 e. The summed E-state index contributed by atoms with van der Waals surface area (Å²) >= 11 is 0. The van der Waals surface area contributed by atoms with E-state index in [1.165, 1.54) is 6.33 Å². The average molecular weight is 604 g/mol. The number of aromatic nitrogens is 2. The van der Waals surface area contributed by atoms with Crippen LogP contribution >= 0.6 is 0 Å². The van der Waals surface area contributed by atoms with Crippen molar-refractivity contribution >= 4 is 30.0 Å². The number of rotatable bonds is 14. The number of nitrogens with zero attached hydrogens (tertiary/aromatic N) is 2. The molecule has 3 atom stereocenters. The first-order chi connectivity index (χ1) is 20.0. The number of hydrogen-bond acceptors (Lipinski definition) is 11. The molecule has 17 nitrogen and oxygen atoms in total. The van der Waals surface area contributed by atoms with Gasteiger partial charge in [-0.3, -0.25) is 14.4 Å². The zero-order valence-electron chi connectivity index (χ0n) is 24.5. The number of carbonyl (C=O) groups excluding carboxylic acids is 5. The molecule has 1 fully saturated rings. The first-order valence-corrected chi connectivity index (χ1v) is 13.5. The van der Waals surface area contributed by atoms with Crippen molar-refractivity contribution in [2.75, 3.05) is 53.1 Å². The minimum atomic E-state index is -0.754. The van der Waals surface area contributed by atoms with E-state index < -0.39 is 23.9 Å². The predicted molar refractivity (Wildman–Crippen MR) is 154 cm³/mol. The molecule has 0 bridgehead atoms. The number of morpholine rings is 1. The monoisotopic (exact) mass is 603 g/mol. The van der Waals surface area contributed by atoms with Crippen molar-refractivity contribution in [2.24, 2.45) is 28.9 Å². The van der Waals surface area contributed by atoms with Crippen LogP contribution in [-0.2, 0) is 30.3 Å². The summed E-state index contributed by atoms with van der Waals surface area (Å²) in [7, 11) is 1.56. The smallest absolute Gasteiger partial charge is 0.318 e. The number of nitrogens with two attached hydrogens (primary N) is 4. The Labute approximate surface area is 246 Å². The summed E-state index contributed by atoms with van der Waals surface area (Å²) in [6.45, 7) is 4.33. The third-order valence-electron chi connectivity index (χ3n) is 5.62. The lowest BCUT2D eigenvalue weighted by molar-refractivity contribution is -0.122. The molecule has 2 rings (SSSR count).